The minimum Gasteiger partial charge on any atom is -0.481 e. The van der Waals surface area contributed by atoms with E-state index in [1.165, 1.54) is 13.0 Å². The first-order valence-electron chi connectivity index (χ1n) is 5.05. The summed E-state index contributed by atoms with van der Waals surface area (Å²) in [6.07, 6.45) is -5.74. The lowest BCUT2D eigenvalue weighted by Gasteiger charge is -2.21. The Balaban J connectivity index is 3.34. The molecule has 0 bridgehead atoms. The summed E-state index contributed by atoms with van der Waals surface area (Å²) in [5, 5.41) is 8.29. The topological polar surface area (TPSA) is 50.2 Å². The fourth-order valence-electron chi connectivity index (χ4n) is 1.78. The van der Waals surface area contributed by atoms with Gasteiger partial charge in [0.15, 0.2) is 0 Å². The number of rotatable bonds is 3. The molecule has 0 fully saturated rings. The van der Waals surface area contributed by atoms with Crippen LogP contribution in [0.5, 0.6) is 0 Å². The first kappa shape index (κ1) is 14.8. The van der Waals surface area contributed by atoms with Crippen LogP contribution in [0.3, 0.4) is 0 Å². The molecule has 0 saturated heterocycles. The monoisotopic (exact) mass is 281 g/mol. The summed E-state index contributed by atoms with van der Waals surface area (Å²) in [6, 6.07) is 1.45. The predicted octanol–water partition coefficient (Wildman–Crippen LogP) is 3.47. The van der Waals surface area contributed by atoms with Crippen LogP contribution in [-0.4, -0.2) is 22.2 Å². The number of aryl methyl sites for hydroxylation is 2. The van der Waals surface area contributed by atoms with Crippen LogP contribution in [0.4, 0.5) is 13.2 Å². The molecule has 0 aliphatic rings. The van der Waals surface area contributed by atoms with Gasteiger partial charge in [0.2, 0.25) is 0 Å². The van der Waals surface area contributed by atoms with Crippen molar-refractivity contribution in [2.24, 2.45) is 0 Å². The van der Waals surface area contributed by atoms with Crippen molar-refractivity contribution in [3.8, 4) is 0 Å². The number of hydrogen-bond donors (Lipinski definition) is 1. The van der Waals surface area contributed by atoms with Crippen molar-refractivity contribution in [2.45, 2.75) is 32.4 Å². The van der Waals surface area contributed by atoms with Crippen molar-refractivity contribution in [1.29, 1.82) is 0 Å². The minimum atomic E-state index is -4.68. The summed E-state index contributed by atoms with van der Waals surface area (Å²) in [5.74, 6) is -3.68. The maximum absolute atomic E-state index is 12.9. The van der Waals surface area contributed by atoms with Crippen molar-refractivity contribution in [2.75, 3.05) is 0 Å². The van der Waals surface area contributed by atoms with Gasteiger partial charge < -0.3 is 5.11 Å². The Labute approximate surface area is 107 Å². The summed E-state index contributed by atoms with van der Waals surface area (Å²) >= 11 is 5.71. The zero-order valence-electron chi connectivity index (χ0n) is 9.68. The average Bonchev–Trinajstić information content (AvgIpc) is 2.12. The zero-order valence-corrected chi connectivity index (χ0v) is 10.4. The smallest absolute Gasteiger partial charge is 0.396 e. The van der Waals surface area contributed by atoms with Gasteiger partial charge in [-0.05, 0) is 25.5 Å². The summed E-state index contributed by atoms with van der Waals surface area (Å²) in [7, 11) is 0. The molecule has 1 rings (SSSR count). The van der Waals surface area contributed by atoms with Crippen LogP contribution in [-0.2, 0) is 4.79 Å². The van der Waals surface area contributed by atoms with Crippen LogP contribution in [0.1, 0.15) is 29.2 Å². The van der Waals surface area contributed by atoms with Gasteiger partial charge in [0.25, 0.3) is 0 Å². The predicted molar refractivity (Wildman–Crippen MR) is 59.8 cm³/mol. The highest BCUT2D eigenvalue weighted by Gasteiger charge is 2.44. The van der Waals surface area contributed by atoms with Crippen molar-refractivity contribution >= 4 is 17.6 Å². The van der Waals surface area contributed by atoms with E-state index in [9.17, 15) is 18.0 Å². The summed E-state index contributed by atoms with van der Waals surface area (Å²) in [4.78, 5) is 14.3. The molecule has 0 aromatic carbocycles. The molecule has 18 heavy (non-hydrogen) atoms. The lowest BCUT2D eigenvalue weighted by atomic mass is 9.92. The third kappa shape index (κ3) is 3.35. The quantitative estimate of drug-likeness (QED) is 0.863. The zero-order chi connectivity index (χ0) is 14.1. The van der Waals surface area contributed by atoms with E-state index in [4.69, 9.17) is 16.7 Å². The van der Waals surface area contributed by atoms with E-state index < -0.39 is 24.5 Å². The fraction of sp³-hybridized carbons (Fsp3) is 0.455. The number of aliphatic carboxylic acids is 1. The highest BCUT2D eigenvalue weighted by molar-refractivity contribution is 6.30. The first-order valence-corrected chi connectivity index (χ1v) is 5.43. The Morgan fingerprint density at radius 2 is 2.06 bits per heavy atom. The number of carbonyl (C=O) groups is 1. The number of carboxylic acid groups (broad SMARTS) is 1. The lowest BCUT2D eigenvalue weighted by molar-refractivity contribution is -0.163. The van der Waals surface area contributed by atoms with Crippen LogP contribution < -0.4 is 0 Å². The molecule has 1 aromatic rings. The van der Waals surface area contributed by atoms with E-state index in [2.05, 4.69) is 4.98 Å². The molecule has 100 valence electrons. The number of pyridine rings is 1. The van der Waals surface area contributed by atoms with Gasteiger partial charge in [-0.25, -0.2) is 4.98 Å². The summed E-state index contributed by atoms with van der Waals surface area (Å²) in [5.41, 5.74) is 0.505. The van der Waals surface area contributed by atoms with Crippen molar-refractivity contribution in [3.05, 3.63) is 28.0 Å². The molecule has 0 radical (unpaired) electrons. The molecule has 0 aliphatic carbocycles. The Hall–Kier alpha value is -1.30. The molecule has 0 aliphatic heterocycles. The van der Waals surface area contributed by atoms with Gasteiger partial charge in [-0.2, -0.15) is 13.2 Å². The van der Waals surface area contributed by atoms with E-state index in [0.29, 0.717) is 5.69 Å². The van der Waals surface area contributed by atoms with E-state index in [0.717, 1.165) is 0 Å². The van der Waals surface area contributed by atoms with Gasteiger partial charge in [-0.1, -0.05) is 11.6 Å². The molecule has 1 aromatic heterocycles. The third-order valence-corrected chi connectivity index (χ3v) is 2.76. The Kier molecular flexibility index (Phi) is 4.21. The van der Waals surface area contributed by atoms with Crippen molar-refractivity contribution in [1.82, 2.24) is 4.98 Å². The van der Waals surface area contributed by atoms with Gasteiger partial charge in [-0.15, -0.1) is 0 Å². The number of alkyl halides is 3. The molecule has 1 unspecified atom stereocenters. The van der Waals surface area contributed by atoms with Crippen molar-refractivity contribution < 1.29 is 23.1 Å². The molecule has 7 heteroatoms. The largest absolute Gasteiger partial charge is 0.481 e. The van der Waals surface area contributed by atoms with E-state index in [-0.39, 0.29) is 16.3 Å². The number of carboxylic acids is 1. The second kappa shape index (κ2) is 5.14. The van der Waals surface area contributed by atoms with Crippen molar-refractivity contribution in [3.63, 3.8) is 0 Å². The molecular weight excluding hydrogens is 271 g/mol. The number of hydrogen-bond acceptors (Lipinski definition) is 2. The molecule has 0 spiro atoms. The normalized spacial score (nSPS) is 13.4. The second-order valence-corrected chi connectivity index (χ2v) is 4.34. The van der Waals surface area contributed by atoms with E-state index in [1.807, 2.05) is 0 Å². The van der Waals surface area contributed by atoms with Crippen LogP contribution in [0.2, 0.25) is 5.15 Å². The van der Waals surface area contributed by atoms with Gasteiger partial charge in [-0.3, -0.25) is 4.79 Å². The highest BCUT2D eigenvalue weighted by atomic mass is 35.5. The Morgan fingerprint density at radius 3 is 2.44 bits per heavy atom. The molecule has 0 amide bonds. The van der Waals surface area contributed by atoms with E-state index >= 15 is 0 Å². The first-order chi connectivity index (χ1) is 8.12. The Bertz CT molecular complexity index is 451. The molecular formula is C11H11ClF3NO2. The summed E-state index contributed by atoms with van der Waals surface area (Å²) < 4.78 is 38.6. The number of nitrogens with zero attached hydrogens (tertiary/aromatic N) is 1. The molecule has 3 nitrogen and oxygen atoms in total. The van der Waals surface area contributed by atoms with Crippen LogP contribution in [0, 0.1) is 13.8 Å². The molecule has 0 saturated carbocycles. The molecule has 1 heterocycles. The average molecular weight is 282 g/mol. The van der Waals surface area contributed by atoms with Crippen LogP contribution in [0.25, 0.3) is 0 Å². The number of halogens is 4. The van der Waals surface area contributed by atoms with Gasteiger partial charge in [0, 0.05) is 11.3 Å². The Morgan fingerprint density at radius 1 is 1.50 bits per heavy atom. The maximum Gasteiger partial charge on any atom is 0.396 e. The number of aromatic nitrogens is 1. The minimum absolute atomic E-state index is 0.267. The maximum atomic E-state index is 12.9. The van der Waals surface area contributed by atoms with Crippen LogP contribution >= 0.6 is 11.6 Å². The SMILES string of the molecule is Cc1cc(C)c(C(CC(=O)O)C(F)(F)F)c(Cl)n1. The lowest BCUT2D eigenvalue weighted by Crippen LogP contribution is -2.25. The molecule has 1 N–H and O–H groups in total. The van der Waals surface area contributed by atoms with Gasteiger partial charge in [0.05, 0.1) is 12.3 Å². The fourth-order valence-corrected chi connectivity index (χ4v) is 2.19. The molecule has 1 atom stereocenters. The van der Waals surface area contributed by atoms with Gasteiger partial charge in [0.1, 0.15) is 5.15 Å². The second-order valence-electron chi connectivity index (χ2n) is 3.98. The van der Waals surface area contributed by atoms with Gasteiger partial charge >= 0.3 is 12.1 Å². The summed E-state index contributed by atoms with van der Waals surface area (Å²) in [6.45, 7) is 3.05. The standard InChI is InChI=1S/C11H11ClF3NO2/c1-5-3-6(2)16-10(12)9(5)7(4-8(17)18)11(13,14)15/h3,7H,4H2,1-2H3,(H,17,18). The third-order valence-electron chi connectivity index (χ3n) is 2.47. The highest BCUT2D eigenvalue weighted by Crippen LogP contribution is 2.41. The van der Waals surface area contributed by atoms with E-state index in [1.54, 1.807) is 6.92 Å². The van der Waals surface area contributed by atoms with Crippen LogP contribution in [0.15, 0.2) is 6.07 Å².